The van der Waals surface area contributed by atoms with Crippen molar-refractivity contribution >= 4 is 8.07 Å². The van der Waals surface area contributed by atoms with Crippen molar-refractivity contribution in [1.29, 1.82) is 0 Å². The minimum atomic E-state index is -1.63. The number of aromatic nitrogens is 3. The molecule has 0 amide bonds. The third-order valence-electron chi connectivity index (χ3n) is 6.02. The molecule has 0 bridgehead atoms. The molecule has 2 aromatic rings. The molecular weight excluding hydrogens is 434 g/mol. The largest absolute Gasteiger partial charge is 0.372 e. The Balaban J connectivity index is 1.51. The van der Waals surface area contributed by atoms with Crippen LogP contribution in [0.1, 0.15) is 32.0 Å². The van der Waals surface area contributed by atoms with Gasteiger partial charge in [-0.1, -0.05) is 75.3 Å². The minimum absolute atomic E-state index is 0.171. The third kappa shape index (κ3) is 9.03. The molecule has 1 aromatic heterocycles. The maximum Gasteiger partial charge on any atom is 0.137 e. The highest BCUT2D eigenvalue weighted by Gasteiger charge is 2.33. The average Bonchev–Trinajstić information content (AvgIpc) is 3.49. The number of epoxide rings is 1. The third-order valence-corrected chi connectivity index (χ3v) is 10.6. The molecule has 0 unspecified atom stereocenters. The first-order chi connectivity index (χ1) is 15.7. The fourth-order valence-corrected chi connectivity index (χ4v) is 3.68. The molecule has 180 valence electrons. The Bertz CT molecular complexity index is 911. The highest BCUT2D eigenvalue weighted by atomic mass is 28.3. The van der Waals surface area contributed by atoms with E-state index in [-0.39, 0.29) is 17.2 Å². The Labute approximate surface area is 198 Å². The fourth-order valence-electron chi connectivity index (χ4n) is 2.79. The molecule has 2 atom stereocenters. The SMILES string of the molecule is CC(C)(C)[Si](C)(C)C#CCOC[C@@H](Cn1cc(COC[C@H]2CO2)nn1)OCc1ccccc1. The molecule has 8 heteroatoms. The van der Waals surface area contributed by atoms with E-state index in [1.807, 2.05) is 24.4 Å². The van der Waals surface area contributed by atoms with E-state index in [0.717, 1.165) is 17.9 Å². The van der Waals surface area contributed by atoms with Crippen LogP contribution in [0.4, 0.5) is 0 Å². The van der Waals surface area contributed by atoms with Gasteiger partial charge in [0.05, 0.1) is 45.8 Å². The van der Waals surface area contributed by atoms with E-state index in [1.54, 1.807) is 4.68 Å². The zero-order chi connectivity index (χ0) is 23.7. The van der Waals surface area contributed by atoms with Crippen LogP contribution in [0, 0.1) is 11.5 Å². The van der Waals surface area contributed by atoms with Crippen molar-refractivity contribution in [3.05, 3.63) is 47.8 Å². The highest BCUT2D eigenvalue weighted by molar-refractivity contribution is 6.87. The Kier molecular flexibility index (Phi) is 9.24. The second-order valence-electron chi connectivity index (χ2n) is 10.0. The molecule has 1 aliphatic heterocycles. The molecule has 0 radical (unpaired) electrons. The van der Waals surface area contributed by atoms with Gasteiger partial charge in [0, 0.05) is 0 Å². The molecule has 0 saturated carbocycles. The molecule has 1 aliphatic rings. The number of ether oxygens (including phenoxy) is 4. The number of hydrogen-bond donors (Lipinski definition) is 0. The summed E-state index contributed by atoms with van der Waals surface area (Å²) in [4.78, 5) is 0. The molecular formula is C25H37N3O4Si. The Morgan fingerprint density at radius 3 is 2.64 bits per heavy atom. The molecule has 7 nitrogen and oxygen atoms in total. The van der Waals surface area contributed by atoms with E-state index in [4.69, 9.17) is 18.9 Å². The molecule has 3 rings (SSSR count). The molecule has 1 fully saturated rings. The fraction of sp³-hybridized carbons (Fsp3) is 0.600. The van der Waals surface area contributed by atoms with Crippen molar-refractivity contribution in [2.24, 2.45) is 0 Å². The zero-order valence-corrected chi connectivity index (χ0v) is 21.5. The van der Waals surface area contributed by atoms with Crippen LogP contribution in [0.3, 0.4) is 0 Å². The van der Waals surface area contributed by atoms with Crippen molar-refractivity contribution in [1.82, 2.24) is 15.0 Å². The summed E-state index contributed by atoms with van der Waals surface area (Å²) in [7, 11) is -1.63. The van der Waals surface area contributed by atoms with Crippen LogP contribution in [-0.2, 0) is 38.7 Å². The van der Waals surface area contributed by atoms with Crippen molar-refractivity contribution in [2.45, 2.75) is 70.9 Å². The lowest BCUT2D eigenvalue weighted by molar-refractivity contribution is -0.0279. The smallest absolute Gasteiger partial charge is 0.137 e. The maximum atomic E-state index is 6.16. The van der Waals surface area contributed by atoms with Gasteiger partial charge in [-0.25, -0.2) is 4.68 Å². The summed E-state index contributed by atoms with van der Waals surface area (Å²) in [5.74, 6) is 3.24. The lowest BCUT2D eigenvalue weighted by Gasteiger charge is -2.31. The van der Waals surface area contributed by atoms with Gasteiger partial charge in [-0.2, -0.15) is 0 Å². The van der Waals surface area contributed by atoms with Crippen LogP contribution >= 0.6 is 0 Å². The number of benzene rings is 1. The summed E-state index contributed by atoms with van der Waals surface area (Å²) < 4.78 is 24.6. The predicted molar refractivity (Wildman–Crippen MR) is 130 cm³/mol. The van der Waals surface area contributed by atoms with E-state index in [1.165, 1.54) is 0 Å². The first-order valence-electron chi connectivity index (χ1n) is 11.5. The van der Waals surface area contributed by atoms with Gasteiger partial charge in [0.15, 0.2) is 0 Å². The van der Waals surface area contributed by atoms with Gasteiger partial charge in [-0.3, -0.25) is 0 Å². The summed E-state index contributed by atoms with van der Waals surface area (Å²) in [6.45, 7) is 15.1. The van der Waals surface area contributed by atoms with Crippen LogP contribution in [0.5, 0.6) is 0 Å². The van der Waals surface area contributed by atoms with E-state index >= 15 is 0 Å². The van der Waals surface area contributed by atoms with Crippen LogP contribution in [-0.4, -0.2) is 61.7 Å². The molecule has 0 spiro atoms. The Morgan fingerprint density at radius 1 is 1.18 bits per heavy atom. The van der Waals surface area contributed by atoms with E-state index in [9.17, 15) is 0 Å². The number of hydrogen-bond acceptors (Lipinski definition) is 6. The monoisotopic (exact) mass is 471 g/mol. The van der Waals surface area contributed by atoms with Crippen molar-refractivity contribution < 1.29 is 18.9 Å². The maximum absolute atomic E-state index is 6.16. The summed E-state index contributed by atoms with van der Waals surface area (Å²) in [5.41, 5.74) is 5.40. The molecule has 0 N–H and O–H groups in total. The predicted octanol–water partition coefficient (Wildman–Crippen LogP) is 3.85. The lowest BCUT2D eigenvalue weighted by atomic mass is 10.2. The second kappa shape index (κ2) is 11.9. The highest BCUT2D eigenvalue weighted by Crippen LogP contribution is 2.35. The van der Waals surface area contributed by atoms with Crippen molar-refractivity contribution in [3.63, 3.8) is 0 Å². The first-order valence-corrected chi connectivity index (χ1v) is 14.5. The Morgan fingerprint density at radius 2 is 1.94 bits per heavy atom. The second-order valence-corrected chi connectivity index (χ2v) is 15.0. The standard InChI is InChI=1S/C25H37N3O4Si/c1-25(2,3)33(4,5)13-9-12-29-18-23(31-16-21-10-7-6-8-11-21)15-28-14-22(26-27-28)17-30-19-24-20-32-24/h6-8,10-11,14,23-24H,12,15-20H2,1-5H3/t23-,24+/m1/s1. The van der Waals surface area contributed by atoms with Crippen molar-refractivity contribution in [2.75, 3.05) is 26.4 Å². The van der Waals surface area contributed by atoms with E-state index < -0.39 is 8.07 Å². The topological polar surface area (TPSA) is 70.9 Å². The van der Waals surface area contributed by atoms with Gasteiger partial charge < -0.3 is 18.9 Å². The number of nitrogens with zero attached hydrogens (tertiary/aromatic N) is 3. The molecule has 1 saturated heterocycles. The van der Waals surface area contributed by atoms with Gasteiger partial charge in [0.1, 0.15) is 32.6 Å². The van der Waals surface area contributed by atoms with E-state index in [0.29, 0.717) is 39.6 Å². The normalized spacial score (nSPS) is 16.8. The van der Waals surface area contributed by atoms with Crippen molar-refractivity contribution in [3.8, 4) is 11.5 Å². The van der Waals surface area contributed by atoms with Crippen LogP contribution in [0.25, 0.3) is 0 Å². The molecule has 2 heterocycles. The zero-order valence-electron chi connectivity index (χ0n) is 20.5. The van der Waals surface area contributed by atoms with Crippen LogP contribution in [0.15, 0.2) is 36.5 Å². The van der Waals surface area contributed by atoms with E-state index in [2.05, 4.69) is 67.8 Å². The summed E-state index contributed by atoms with van der Waals surface area (Å²) in [6, 6.07) is 10.1. The lowest BCUT2D eigenvalue weighted by Crippen LogP contribution is -2.35. The van der Waals surface area contributed by atoms with Gasteiger partial charge in [0.2, 0.25) is 0 Å². The molecule has 33 heavy (non-hydrogen) atoms. The van der Waals surface area contributed by atoms with Crippen LogP contribution in [0.2, 0.25) is 18.1 Å². The van der Waals surface area contributed by atoms with Gasteiger partial charge >= 0.3 is 0 Å². The molecule has 1 aromatic carbocycles. The van der Waals surface area contributed by atoms with Crippen LogP contribution < -0.4 is 0 Å². The Hall–Kier alpha value is -2.02. The van der Waals surface area contributed by atoms with Gasteiger partial charge in [-0.05, 0) is 10.6 Å². The summed E-state index contributed by atoms with van der Waals surface area (Å²) in [6.07, 6.45) is 1.96. The average molecular weight is 472 g/mol. The van der Waals surface area contributed by atoms with Gasteiger partial charge in [-0.15, -0.1) is 10.6 Å². The quantitative estimate of drug-likeness (QED) is 0.203. The number of rotatable bonds is 12. The molecule has 0 aliphatic carbocycles. The summed E-state index contributed by atoms with van der Waals surface area (Å²) >= 11 is 0. The summed E-state index contributed by atoms with van der Waals surface area (Å²) in [5, 5.41) is 8.66. The van der Waals surface area contributed by atoms with Gasteiger partial charge in [0.25, 0.3) is 0 Å². The minimum Gasteiger partial charge on any atom is -0.372 e. The first kappa shape index (κ1) is 25.6.